The average Bonchev–Trinajstić information content (AvgIpc) is 3.26. The fourth-order valence-corrected chi connectivity index (χ4v) is 3.87. The van der Waals surface area contributed by atoms with Crippen molar-refractivity contribution in [1.82, 2.24) is 19.5 Å². The molecule has 148 valence electrons. The van der Waals surface area contributed by atoms with E-state index in [-0.39, 0.29) is 5.82 Å². The number of hydrogen-bond donors (Lipinski definition) is 4. The number of aromatic nitrogens is 4. The molecule has 4 unspecified atom stereocenters. The van der Waals surface area contributed by atoms with Gasteiger partial charge in [-0.05, 0) is 10.8 Å². The smallest absolute Gasteiger partial charge is 0.168 e. The summed E-state index contributed by atoms with van der Waals surface area (Å²) in [6.07, 6.45) is -3.15. The van der Waals surface area contributed by atoms with Crippen LogP contribution in [0.5, 0.6) is 0 Å². The molecule has 2 aromatic heterocycles. The minimum atomic E-state index is -1.28. The van der Waals surface area contributed by atoms with Gasteiger partial charge in [-0.2, -0.15) is 0 Å². The SMILES string of the molecule is Nc1ncnc2c1nc(-c1cccc3ccccc13)n2C1OC(CO)C(O)C1O. The minimum absolute atomic E-state index is 0.196. The van der Waals surface area contributed by atoms with Crippen molar-refractivity contribution in [2.24, 2.45) is 0 Å². The molecule has 1 aliphatic rings. The summed E-state index contributed by atoms with van der Waals surface area (Å²) in [5.74, 6) is 0.667. The molecule has 4 aromatic rings. The van der Waals surface area contributed by atoms with Gasteiger partial charge >= 0.3 is 0 Å². The molecule has 5 N–H and O–H groups in total. The first-order valence-electron chi connectivity index (χ1n) is 9.19. The van der Waals surface area contributed by atoms with Crippen LogP contribution in [-0.4, -0.2) is 59.8 Å². The van der Waals surface area contributed by atoms with Crippen LogP contribution in [0.4, 0.5) is 5.82 Å². The Bertz CT molecular complexity index is 1200. The molecule has 0 aliphatic carbocycles. The first-order valence-corrected chi connectivity index (χ1v) is 9.19. The first kappa shape index (κ1) is 18.0. The molecule has 1 fully saturated rings. The maximum atomic E-state index is 10.6. The molecular weight excluding hydrogens is 374 g/mol. The molecule has 2 aromatic carbocycles. The highest BCUT2D eigenvalue weighted by Gasteiger charge is 2.45. The van der Waals surface area contributed by atoms with E-state index in [2.05, 4.69) is 15.0 Å². The van der Waals surface area contributed by atoms with Gasteiger partial charge < -0.3 is 25.8 Å². The molecule has 3 heterocycles. The van der Waals surface area contributed by atoms with Crippen LogP contribution in [0.25, 0.3) is 33.3 Å². The van der Waals surface area contributed by atoms with Crippen LogP contribution in [0.15, 0.2) is 48.8 Å². The number of nitrogens with zero attached hydrogens (tertiary/aromatic N) is 4. The van der Waals surface area contributed by atoms with Crippen LogP contribution in [0.3, 0.4) is 0 Å². The molecule has 0 spiro atoms. The molecule has 0 radical (unpaired) electrons. The molecule has 5 rings (SSSR count). The monoisotopic (exact) mass is 393 g/mol. The van der Waals surface area contributed by atoms with Gasteiger partial charge in [0.2, 0.25) is 0 Å². The van der Waals surface area contributed by atoms with E-state index in [1.807, 2.05) is 42.5 Å². The van der Waals surface area contributed by atoms with E-state index >= 15 is 0 Å². The van der Waals surface area contributed by atoms with Crippen LogP contribution in [-0.2, 0) is 4.74 Å². The number of rotatable bonds is 3. The van der Waals surface area contributed by atoms with Crippen molar-refractivity contribution in [3.8, 4) is 11.4 Å². The summed E-state index contributed by atoms with van der Waals surface area (Å²) in [6, 6.07) is 13.7. The van der Waals surface area contributed by atoms with E-state index in [0.717, 1.165) is 16.3 Å². The van der Waals surface area contributed by atoms with Crippen molar-refractivity contribution in [2.45, 2.75) is 24.5 Å². The maximum absolute atomic E-state index is 10.6. The summed E-state index contributed by atoms with van der Waals surface area (Å²) >= 11 is 0. The zero-order valence-corrected chi connectivity index (χ0v) is 15.3. The summed E-state index contributed by atoms with van der Waals surface area (Å²) in [4.78, 5) is 13.0. The standard InChI is InChI=1S/C20H19N5O4/c21-17-14-19(23-9-22-17)25(20-16(28)15(27)13(8-26)29-20)18(24-14)12-7-3-5-10-4-1-2-6-11(10)12/h1-7,9,13,15-16,20,26-28H,8H2,(H2,21,22,23). The molecule has 1 saturated heterocycles. The predicted octanol–water partition coefficient (Wildman–Crippen LogP) is 0.840. The van der Waals surface area contributed by atoms with Crippen molar-refractivity contribution in [2.75, 3.05) is 12.3 Å². The third-order valence-corrected chi connectivity index (χ3v) is 5.31. The van der Waals surface area contributed by atoms with Crippen molar-refractivity contribution >= 4 is 27.8 Å². The zero-order valence-electron chi connectivity index (χ0n) is 15.3. The number of ether oxygens (including phenoxy) is 1. The molecule has 9 heteroatoms. The van der Waals surface area contributed by atoms with Crippen molar-refractivity contribution in [1.29, 1.82) is 0 Å². The number of aliphatic hydroxyl groups excluding tert-OH is 3. The molecule has 0 bridgehead atoms. The zero-order chi connectivity index (χ0) is 20.1. The van der Waals surface area contributed by atoms with Crippen molar-refractivity contribution < 1.29 is 20.1 Å². The first-order chi connectivity index (χ1) is 14.1. The number of nitrogens with two attached hydrogens (primary N) is 1. The van der Waals surface area contributed by atoms with E-state index in [0.29, 0.717) is 17.0 Å². The number of hydrogen-bond acceptors (Lipinski definition) is 8. The van der Waals surface area contributed by atoms with Gasteiger partial charge in [-0.25, -0.2) is 15.0 Å². The Morgan fingerprint density at radius 1 is 1.03 bits per heavy atom. The quantitative estimate of drug-likeness (QED) is 0.401. The molecular formula is C20H19N5O4. The average molecular weight is 393 g/mol. The lowest BCUT2D eigenvalue weighted by molar-refractivity contribution is -0.0503. The number of imidazole rings is 1. The van der Waals surface area contributed by atoms with Gasteiger partial charge in [-0.15, -0.1) is 0 Å². The number of aliphatic hydroxyl groups is 3. The highest BCUT2D eigenvalue weighted by Crippen LogP contribution is 2.38. The lowest BCUT2D eigenvalue weighted by atomic mass is 10.0. The summed E-state index contributed by atoms with van der Waals surface area (Å²) < 4.78 is 7.38. The Hall–Kier alpha value is -3.11. The molecule has 4 atom stereocenters. The summed E-state index contributed by atoms with van der Waals surface area (Å²) in [6.45, 7) is -0.428. The fraction of sp³-hybridized carbons (Fsp3) is 0.250. The Morgan fingerprint density at radius 3 is 2.62 bits per heavy atom. The normalized spacial score (nSPS) is 24.5. The van der Waals surface area contributed by atoms with E-state index in [1.165, 1.54) is 6.33 Å². The van der Waals surface area contributed by atoms with Gasteiger partial charge in [0.15, 0.2) is 23.2 Å². The number of nitrogen functional groups attached to an aromatic ring is 1. The largest absolute Gasteiger partial charge is 0.394 e. The Morgan fingerprint density at radius 2 is 1.83 bits per heavy atom. The van der Waals surface area contributed by atoms with Crippen molar-refractivity contribution in [3.05, 3.63) is 48.8 Å². The number of benzene rings is 2. The lowest BCUT2D eigenvalue weighted by Gasteiger charge is -2.20. The third kappa shape index (κ3) is 2.67. The van der Waals surface area contributed by atoms with Crippen LogP contribution >= 0.6 is 0 Å². The van der Waals surface area contributed by atoms with E-state index in [9.17, 15) is 15.3 Å². The van der Waals surface area contributed by atoms with Gasteiger partial charge in [0, 0.05) is 5.56 Å². The summed E-state index contributed by atoms with van der Waals surface area (Å²) in [7, 11) is 0. The van der Waals surface area contributed by atoms with Crippen LogP contribution in [0.2, 0.25) is 0 Å². The van der Waals surface area contributed by atoms with Crippen LogP contribution in [0.1, 0.15) is 6.23 Å². The molecule has 9 nitrogen and oxygen atoms in total. The second-order valence-electron chi connectivity index (χ2n) is 6.99. The highest BCUT2D eigenvalue weighted by atomic mass is 16.6. The predicted molar refractivity (Wildman–Crippen MR) is 106 cm³/mol. The molecule has 0 saturated carbocycles. The second kappa shape index (κ2) is 6.75. The Labute approximate surface area is 165 Å². The topological polar surface area (TPSA) is 140 Å². The van der Waals surface area contributed by atoms with E-state index in [4.69, 9.17) is 10.5 Å². The third-order valence-electron chi connectivity index (χ3n) is 5.31. The summed E-state index contributed by atoms with van der Waals surface area (Å²) in [5.41, 5.74) is 7.55. The molecule has 0 amide bonds. The second-order valence-corrected chi connectivity index (χ2v) is 6.99. The maximum Gasteiger partial charge on any atom is 0.168 e. The lowest BCUT2D eigenvalue weighted by Crippen LogP contribution is -2.33. The van der Waals surface area contributed by atoms with Gasteiger partial charge in [0.1, 0.15) is 30.5 Å². The van der Waals surface area contributed by atoms with E-state index in [1.54, 1.807) is 4.57 Å². The molecule has 1 aliphatic heterocycles. The van der Waals surface area contributed by atoms with Gasteiger partial charge in [0.25, 0.3) is 0 Å². The van der Waals surface area contributed by atoms with Crippen LogP contribution in [0, 0.1) is 0 Å². The van der Waals surface area contributed by atoms with E-state index < -0.39 is 31.1 Å². The van der Waals surface area contributed by atoms with Crippen molar-refractivity contribution in [3.63, 3.8) is 0 Å². The van der Waals surface area contributed by atoms with Gasteiger partial charge in [-0.3, -0.25) is 4.57 Å². The number of anilines is 1. The fourth-order valence-electron chi connectivity index (χ4n) is 3.87. The van der Waals surface area contributed by atoms with Gasteiger partial charge in [0.05, 0.1) is 6.61 Å². The molecule has 29 heavy (non-hydrogen) atoms. The Balaban J connectivity index is 1.81. The van der Waals surface area contributed by atoms with Gasteiger partial charge in [-0.1, -0.05) is 42.5 Å². The summed E-state index contributed by atoms with van der Waals surface area (Å²) in [5, 5.41) is 32.3. The highest BCUT2D eigenvalue weighted by molar-refractivity contribution is 5.97. The Kier molecular flexibility index (Phi) is 4.18. The number of fused-ring (bicyclic) bond motifs is 2. The minimum Gasteiger partial charge on any atom is -0.394 e. The van der Waals surface area contributed by atoms with Crippen LogP contribution < -0.4 is 5.73 Å².